The summed E-state index contributed by atoms with van der Waals surface area (Å²) < 4.78 is 0. The normalized spacial score (nSPS) is 16.5. The first-order valence-corrected chi connectivity index (χ1v) is 23.3. The van der Waals surface area contributed by atoms with E-state index in [0.717, 1.165) is 0 Å². The van der Waals surface area contributed by atoms with E-state index in [1.165, 1.54) is 82.4 Å². The lowest BCUT2D eigenvalue weighted by Crippen LogP contribution is -2.74. The third kappa shape index (κ3) is 7.11. The lowest BCUT2D eigenvalue weighted by Gasteiger charge is -2.50. The second-order valence-electron chi connectivity index (χ2n) is 20.2. The van der Waals surface area contributed by atoms with Gasteiger partial charge in [-0.15, -0.1) is 0 Å². The molecule has 58 heavy (non-hydrogen) atoms. The van der Waals surface area contributed by atoms with Gasteiger partial charge in [0.2, 0.25) is 0 Å². The van der Waals surface area contributed by atoms with Gasteiger partial charge >= 0.3 is 0 Å². The monoisotopic (exact) mass is 776 g/mol. The summed E-state index contributed by atoms with van der Waals surface area (Å²) in [5, 5.41) is 4.05. The summed E-state index contributed by atoms with van der Waals surface area (Å²) in [6.07, 6.45) is 2.69. The molecule has 0 saturated carbocycles. The van der Waals surface area contributed by atoms with Crippen molar-refractivity contribution < 1.29 is 0 Å². The second kappa shape index (κ2) is 15.0. The van der Waals surface area contributed by atoms with Crippen molar-refractivity contribution in [3.63, 3.8) is 0 Å². The molecule has 7 rings (SSSR count). The topological polar surface area (TPSA) is 0 Å². The summed E-state index contributed by atoms with van der Waals surface area (Å²) in [6.45, 7) is 31.1. The van der Waals surface area contributed by atoms with Crippen molar-refractivity contribution in [3.05, 3.63) is 185 Å². The highest BCUT2D eigenvalue weighted by molar-refractivity contribution is 7.16. The molecule has 0 spiro atoms. The van der Waals surface area contributed by atoms with Gasteiger partial charge in [-0.2, -0.15) is 0 Å². The van der Waals surface area contributed by atoms with Crippen molar-refractivity contribution in [1.82, 2.24) is 0 Å². The Bertz CT molecular complexity index is 2270. The molecule has 0 amide bonds. The van der Waals surface area contributed by atoms with Crippen LogP contribution in [0, 0.1) is 0 Å². The van der Waals surface area contributed by atoms with Gasteiger partial charge in [0.05, 0.1) is 0 Å². The van der Waals surface area contributed by atoms with Crippen LogP contribution in [0.25, 0.3) is 33.4 Å². The average Bonchev–Trinajstić information content (AvgIpc) is 3.40. The van der Waals surface area contributed by atoms with Gasteiger partial charge in [-0.3, -0.25) is 0 Å². The average molecular weight is 777 g/mol. The Balaban J connectivity index is 1.89. The minimum Gasteiger partial charge on any atom is -0.0730 e. The maximum Gasteiger partial charge on any atom is 0.163 e. The van der Waals surface area contributed by atoms with E-state index in [0.29, 0.717) is 0 Å². The Morgan fingerprint density at radius 3 is 0.931 bits per heavy atom. The van der Waals surface area contributed by atoms with Crippen molar-refractivity contribution in [2.45, 2.75) is 111 Å². The van der Waals surface area contributed by atoms with Crippen LogP contribution in [0.3, 0.4) is 0 Å². The molecule has 0 bridgehead atoms. The summed E-state index contributed by atoms with van der Waals surface area (Å²) >= 11 is 0. The maximum atomic E-state index is 2.69. The molecule has 1 aliphatic carbocycles. The highest BCUT2D eigenvalue weighted by Crippen LogP contribution is 2.55. The van der Waals surface area contributed by atoms with Gasteiger partial charge in [0.25, 0.3) is 0 Å². The molecule has 1 heteroatoms. The lowest BCUT2D eigenvalue weighted by molar-refractivity contribution is 0.590. The fourth-order valence-electron chi connectivity index (χ4n) is 9.57. The van der Waals surface area contributed by atoms with Crippen LogP contribution in [0.15, 0.2) is 168 Å². The van der Waals surface area contributed by atoms with Crippen molar-refractivity contribution in [2.24, 2.45) is 0 Å². The van der Waals surface area contributed by atoms with Crippen LogP contribution < -0.4 is 15.6 Å². The summed E-state index contributed by atoms with van der Waals surface area (Å²) in [5.41, 5.74) is 15.9. The quantitative estimate of drug-likeness (QED) is 0.112. The van der Waals surface area contributed by atoms with E-state index in [1.54, 1.807) is 0 Å². The van der Waals surface area contributed by atoms with Crippen LogP contribution >= 0.6 is 0 Å². The molecule has 6 aromatic carbocycles. The predicted octanol–water partition coefficient (Wildman–Crippen LogP) is 14.1. The Kier molecular flexibility index (Phi) is 10.6. The first-order valence-electron chi connectivity index (χ1n) is 21.3. The van der Waals surface area contributed by atoms with Gasteiger partial charge < -0.3 is 0 Å². The Labute approximate surface area is 351 Å². The van der Waals surface area contributed by atoms with Crippen LogP contribution in [0.4, 0.5) is 0 Å². The molecule has 0 aliphatic heterocycles. The zero-order chi connectivity index (χ0) is 41.8. The smallest absolute Gasteiger partial charge is 0.0730 e. The van der Waals surface area contributed by atoms with Gasteiger partial charge in [0, 0.05) is 5.04 Å². The van der Waals surface area contributed by atoms with E-state index in [9.17, 15) is 0 Å². The number of rotatable bonds is 7. The number of hydrogen-bond acceptors (Lipinski definition) is 0. The van der Waals surface area contributed by atoms with Crippen LogP contribution in [0.2, 0.25) is 5.04 Å². The van der Waals surface area contributed by atoms with E-state index < -0.39 is 8.07 Å². The lowest BCUT2D eigenvalue weighted by atomic mass is 9.86. The molecule has 0 N–H and O–H groups in total. The van der Waals surface area contributed by atoms with Crippen LogP contribution in [0.5, 0.6) is 0 Å². The second-order valence-corrected chi connectivity index (χ2v) is 24.3. The molecule has 0 radical (unpaired) electrons. The molecule has 0 saturated heterocycles. The van der Waals surface area contributed by atoms with Crippen LogP contribution in [-0.4, -0.2) is 8.07 Å². The molecular weight excluding hydrogens is 713 g/mol. The van der Waals surface area contributed by atoms with E-state index in [-0.39, 0.29) is 21.3 Å². The molecule has 0 nitrogen and oxygen atoms in total. The Morgan fingerprint density at radius 1 is 0.397 bits per heavy atom. The highest BCUT2D eigenvalue weighted by atomic mass is 28.3. The molecule has 1 unspecified atom stereocenters. The van der Waals surface area contributed by atoms with Crippen molar-refractivity contribution in [2.75, 3.05) is 0 Å². The fraction of sp³-hybridized carbons (Fsp3) is 0.298. The van der Waals surface area contributed by atoms with E-state index in [1.807, 2.05) is 0 Å². The van der Waals surface area contributed by atoms with E-state index >= 15 is 0 Å². The first kappa shape index (κ1) is 41.2. The first-order chi connectivity index (χ1) is 27.3. The minimum atomic E-state index is -3.41. The molecule has 1 atom stereocenters. The Hall–Kier alpha value is -4.98. The Morgan fingerprint density at radius 2 is 0.690 bits per heavy atom. The number of benzene rings is 6. The van der Waals surface area contributed by atoms with E-state index in [2.05, 4.69) is 242 Å². The minimum absolute atomic E-state index is 0.0711. The zero-order valence-electron chi connectivity index (χ0n) is 37.4. The van der Waals surface area contributed by atoms with Gasteiger partial charge in [-0.1, -0.05) is 232 Å². The van der Waals surface area contributed by atoms with Gasteiger partial charge in [-0.05, 0) is 108 Å². The fourth-order valence-corrected chi connectivity index (χ4v) is 16.3. The molecule has 6 aromatic rings. The van der Waals surface area contributed by atoms with Crippen molar-refractivity contribution in [1.29, 1.82) is 0 Å². The van der Waals surface area contributed by atoms with E-state index in [4.69, 9.17) is 0 Å². The van der Waals surface area contributed by atoms with Crippen molar-refractivity contribution in [3.8, 4) is 33.4 Å². The molecule has 0 fully saturated rings. The SMILES string of the molecule is CC1=CC(C)([Si](c2cc(C(C)(C)C)ccc2-c2ccccc2)(c2cc(C(C)(C)C)ccc2-c2ccccc2)c2cc(C(C)(C)C)ccc2-c2ccccc2)C(C)=C1C. The third-order valence-electron chi connectivity index (χ3n) is 13.3. The highest BCUT2D eigenvalue weighted by Gasteiger charge is 2.59. The van der Waals surface area contributed by atoms with Crippen LogP contribution in [-0.2, 0) is 16.2 Å². The van der Waals surface area contributed by atoms with Crippen molar-refractivity contribution >= 4 is 23.6 Å². The number of allylic oxidation sites excluding steroid dienone is 4. The molecule has 0 heterocycles. The summed E-state index contributed by atoms with van der Waals surface area (Å²) in [6, 6.07) is 56.3. The van der Waals surface area contributed by atoms with Gasteiger partial charge in [-0.25, -0.2) is 0 Å². The third-order valence-corrected chi connectivity index (χ3v) is 19.1. The largest absolute Gasteiger partial charge is 0.163 e. The predicted molar refractivity (Wildman–Crippen MR) is 257 cm³/mol. The van der Waals surface area contributed by atoms with Gasteiger partial charge in [0.15, 0.2) is 8.07 Å². The standard InChI is InChI=1S/C57H64Si/c1-39-38-57(13,41(3)40(39)2)58(51-35-45(54(4,5)6)29-32-48(51)42-23-17-14-18-24-42,52-36-46(55(7,8)9)30-33-49(52)43-25-19-15-20-26-43)53-37-47(56(10,11)12)31-34-50(53)44-27-21-16-22-28-44/h14-38H,1-13H3. The summed E-state index contributed by atoms with van der Waals surface area (Å²) in [4.78, 5) is 0. The van der Waals surface area contributed by atoms with Gasteiger partial charge in [0.1, 0.15) is 0 Å². The summed E-state index contributed by atoms with van der Waals surface area (Å²) in [7, 11) is -3.41. The molecule has 296 valence electrons. The summed E-state index contributed by atoms with van der Waals surface area (Å²) in [5.74, 6) is 0. The molecule has 1 aliphatic rings. The zero-order valence-corrected chi connectivity index (χ0v) is 38.4. The van der Waals surface area contributed by atoms with Crippen LogP contribution in [0.1, 0.15) is 107 Å². The molecular formula is C57H64Si. The number of hydrogen-bond donors (Lipinski definition) is 0. The maximum absolute atomic E-state index is 3.41. The molecule has 0 aromatic heterocycles.